The van der Waals surface area contributed by atoms with Gasteiger partial charge in [-0.3, -0.25) is 0 Å². The van der Waals surface area contributed by atoms with Crippen LogP contribution in [0, 0.1) is 19.7 Å². The second-order valence-corrected chi connectivity index (χ2v) is 4.53. The molecule has 0 spiro atoms. The number of rotatable bonds is 3. The molecule has 94 valence electrons. The predicted molar refractivity (Wildman–Crippen MR) is 74.1 cm³/mol. The summed E-state index contributed by atoms with van der Waals surface area (Å²) in [5.74, 6) is -0.270. The van der Waals surface area contributed by atoms with Gasteiger partial charge in [0.05, 0.1) is 11.4 Å². The van der Waals surface area contributed by atoms with E-state index in [1.165, 1.54) is 17.2 Å². The van der Waals surface area contributed by atoms with Crippen molar-refractivity contribution in [3.8, 4) is 0 Å². The van der Waals surface area contributed by atoms with E-state index in [0.717, 1.165) is 5.69 Å². The molecule has 2 nitrogen and oxygen atoms in total. The average Bonchev–Trinajstić information content (AvgIpc) is 2.32. The predicted octanol–water partition coefficient (Wildman–Crippen LogP) is 3.64. The lowest BCUT2D eigenvalue weighted by molar-refractivity contribution is 0.619. The minimum absolute atomic E-state index is 0.270. The highest BCUT2D eigenvalue weighted by Crippen LogP contribution is 2.23. The van der Waals surface area contributed by atoms with E-state index < -0.39 is 0 Å². The van der Waals surface area contributed by atoms with Gasteiger partial charge in [0.25, 0.3) is 0 Å². The van der Waals surface area contributed by atoms with E-state index in [9.17, 15) is 4.39 Å². The minimum Gasteiger partial charge on any atom is -0.397 e. The number of nitrogen functional groups attached to an aromatic ring is 1. The maximum Gasteiger partial charge on any atom is 0.128 e. The van der Waals surface area contributed by atoms with Gasteiger partial charge < -0.3 is 11.1 Å². The van der Waals surface area contributed by atoms with Crippen LogP contribution in [0.3, 0.4) is 0 Å². The van der Waals surface area contributed by atoms with Crippen molar-refractivity contribution in [2.75, 3.05) is 11.1 Å². The van der Waals surface area contributed by atoms with Crippen molar-refractivity contribution >= 4 is 11.4 Å². The highest BCUT2D eigenvalue weighted by atomic mass is 19.1. The van der Waals surface area contributed by atoms with Crippen LogP contribution in [-0.4, -0.2) is 0 Å². The smallest absolute Gasteiger partial charge is 0.128 e. The first kappa shape index (κ1) is 12.4. The first-order valence-corrected chi connectivity index (χ1v) is 5.91. The average molecular weight is 244 g/mol. The number of anilines is 2. The second kappa shape index (κ2) is 5.08. The van der Waals surface area contributed by atoms with Gasteiger partial charge in [0, 0.05) is 6.54 Å². The molecule has 0 amide bonds. The first-order valence-electron chi connectivity index (χ1n) is 5.91. The van der Waals surface area contributed by atoms with E-state index in [1.807, 2.05) is 12.1 Å². The summed E-state index contributed by atoms with van der Waals surface area (Å²) in [4.78, 5) is 0. The van der Waals surface area contributed by atoms with Crippen LogP contribution in [0.1, 0.15) is 16.7 Å². The number of nitrogens with two attached hydrogens (primary N) is 1. The van der Waals surface area contributed by atoms with Crippen molar-refractivity contribution < 1.29 is 4.39 Å². The highest BCUT2D eigenvalue weighted by Gasteiger charge is 2.04. The maximum atomic E-state index is 13.3. The summed E-state index contributed by atoms with van der Waals surface area (Å²) in [5, 5.41) is 3.23. The number of benzene rings is 2. The Morgan fingerprint density at radius 1 is 1.17 bits per heavy atom. The quantitative estimate of drug-likeness (QED) is 0.809. The zero-order chi connectivity index (χ0) is 13.1. The number of aryl methyl sites for hydroxylation is 2. The van der Waals surface area contributed by atoms with Gasteiger partial charge in [-0.1, -0.05) is 29.8 Å². The van der Waals surface area contributed by atoms with Gasteiger partial charge in [-0.15, -0.1) is 0 Å². The van der Waals surface area contributed by atoms with Crippen LogP contribution >= 0.6 is 0 Å². The number of nitrogens with one attached hydrogen (secondary N) is 1. The van der Waals surface area contributed by atoms with Gasteiger partial charge in [0.1, 0.15) is 5.82 Å². The summed E-state index contributed by atoms with van der Waals surface area (Å²) in [5.41, 5.74) is 9.98. The van der Waals surface area contributed by atoms with Crippen LogP contribution in [0.25, 0.3) is 0 Å². The lowest BCUT2D eigenvalue weighted by Crippen LogP contribution is -2.03. The fourth-order valence-corrected chi connectivity index (χ4v) is 1.87. The lowest BCUT2D eigenvalue weighted by atomic mass is 10.1. The Morgan fingerprint density at radius 3 is 2.67 bits per heavy atom. The van der Waals surface area contributed by atoms with Crippen LogP contribution in [0.2, 0.25) is 0 Å². The molecule has 3 heteroatoms. The van der Waals surface area contributed by atoms with Crippen molar-refractivity contribution in [1.82, 2.24) is 0 Å². The van der Waals surface area contributed by atoms with Crippen LogP contribution < -0.4 is 11.1 Å². The number of hydrogen-bond acceptors (Lipinski definition) is 2. The molecule has 0 bridgehead atoms. The van der Waals surface area contributed by atoms with Crippen molar-refractivity contribution in [2.24, 2.45) is 0 Å². The van der Waals surface area contributed by atoms with Gasteiger partial charge in [0.2, 0.25) is 0 Å². The van der Waals surface area contributed by atoms with E-state index >= 15 is 0 Å². The van der Waals surface area contributed by atoms with E-state index in [0.29, 0.717) is 17.8 Å². The third-order valence-electron chi connectivity index (χ3n) is 2.90. The molecule has 0 aliphatic carbocycles. The summed E-state index contributed by atoms with van der Waals surface area (Å²) in [6.07, 6.45) is 0. The van der Waals surface area contributed by atoms with Crippen LogP contribution in [0.15, 0.2) is 36.4 Å². The van der Waals surface area contributed by atoms with Gasteiger partial charge >= 0.3 is 0 Å². The summed E-state index contributed by atoms with van der Waals surface area (Å²) < 4.78 is 13.3. The Labute approximate surface area is 107 Å². The molecule has 0 fully saturated rings. The number of hydrogen-bond donors (Lipinski definition) is 2. The fraction of sp³-hybridized carbons (Fsp3) is 0.200. The van der Waals surface area contributed by atoms with Crippen LogP contribution in [0.5, 0.6) is 0 Å². The SMILES string of the molecule is Cc1cccc(CNc2cc(C)c(F)cc2N)c1. The topological polar surface area (TPSA) is 38.0 Å². The molecular formula is C15H17FN2. The Hall–Kier alpha value is -2.03. The first-order chi connectivity index (χ1) is 8.56. The zero-order valence-corrected chi connectivity index (χ0v) is 10.6. The molecule has 0 atom stereocenters. The van der Waals surface area contributed by atoms with Crippen molar-refractivity contribution in [3.05, 3.63) is 58.9 Å². The van der Waals surface area contributed by atoms with Crippen molar-refractivity contribution in [3.63, 3.8) is 0 Å². The van der Waals surface area contributed by atoms with E-state index in [4.69, 9.17) is 5.73 Å². The molecule has 0 unspecified atom stereocenters. The van der Waals surface area contributed by atoms with Gasteiger partial charge in [-0.2, -0.15) is 0 Å². The van der Waals surface area contributed by atoms with Crippen LogP contribution in [0.4, 0.5) is 15.8 Å². The molecule has 2 rings (SSSR count). The molecule has 3 N–H and O–H groups in total. The molecule has 0 saturated carbocycles. The molecule has 0 radical (unpaired) electrons. The third kappa shape index (κ3) is 2.80. The summed E-state index contributed by atoms with van der Waals surface area (Å²) in [6, 6.07) is 11.3. The van der Waals surface area contributed by atoms with E-state index in [-0.39, 0.29) is 5.82 Å². The second-order valence-electron chi connectivity index (χ2n) is 4.53. The maximum absolute atomic E-state index is 13.3. The summed E-state index contributed by atoms with van der Waals surface area (Å²) in [7, 11) is 0. The zero-order valence-electron chi connectivity index (χ0n) is 10.6. The van der Waals surface area contributed by atoms with E-state index in [1.54, 1.807) is 13.0 Å². The molecule has 0 aromatic heterocycles. The Kier molecular flexibility index (Phi) is 3.51. The minimum atomic E-state index is -0.270. The fourth-order valence-electron chi connectivity index (χ4n) is 1.87. The van der Waals surface area contributed by atoms with Crippen molar-refractivity contribution in [2.45, 2.75) is 20.4 Å². The van der Waals surface area contributed by atoms with Gasteiger partial charge in [0.15, 0.2) is 0 Å². The molecule has 18 heavy (non-hydrogen) atoms. The molecule has 0 heterocycles. The Bertz CT molecular complexity index is 564. The summed E-state index contributed by atoms with van der Waals surface area (Å²) in [6.45, 7) is 4.46. The van der Waals surface area contributed by atoms with Crippen molar-refractivity contribution in [1.29, 1.82) is 0 Å². The number of halogens is 1. The third-order valence-corrected chi connectivity index (χ3v) is 2.90. The highest BCUT2D eigenvalue weighted by molar-refractivity contribution is 5.67. The molecule has 0 aliphatic heterocycles. The largest absolute Gasteiger partial charge is 0.397 e. The lowest BCUT2D eigenvalue weighted by Gasteiger charge is -2.11. The monoisotopic (exact) mass is 244 g/mol. The van der Waals surface area contributed by atoms with Gasteiger partial charge in [-0.05, 0) is 37.1 Å². The normalized spacial score (nSPS) is 10.4. The summed E-state index contributed by atoms with van der Waals surface area (Å²) >= 11 is 0. The molecule has 2 aromatic carbocycles. The standard InChI is InChI=1S/C15H17FN2/c1-10-4-3-5-12(6-10)9-18-15-7-11(2)13(16)8-14(15)17/h3-8,18H,9,17H2,1-2H3. The Morgan fingerprint density at radius 2 is 1.94 bits per heavy atom. The molecule has 2 aromatic rings. The Balaban J connectivity index is 2.13. The van der Waals surface area contributed by atoms with E-state index in [2.05, 4.69) is 24.4 Å². The molecule has 0 aliphatic rings. The van der Waals surface area contributed by atoms with Crippen LogP contribution in [-0.2, 0) is 6.54 Å². The molecule has 0 saturated heterocycles. The molecular weight excluding hydrogens is 227 g/mol. The van der Waals surface area contributed by atoms with Gasteiger partial charge in [-0.25, -0.2) is 4.39 Å².